The molecule has 30 heavy (non-hydrogen) atoms. The van der Waals surface area contributed by atoms with Gasteiger partial charge < -0.3 is 14.7 Å². The fraction of sp³-hybridized carbons (Fsp3) is 0.429. The average molecular weight is 435 g/mol. The molecule has 0 spiro atoms. The van der Waals surface area contributed by atoms with Gasteiger partial charge in [0.15, 0.2) is 0 Å². The van der Waals surface area contributed by atoms with Crippen LogP contribution in [-0.4, -0.2) is 37.3 Å². The molecule has 0 bridgehead atoms. The van der Waals surface area contributed by atoms with Gasteiger partial charge in [-0.2, -0.15) is 26.3 Å². The van der Waals surface area contributed by atoms with E-state index in [2.05, 4.69) is 0 Å². The topological polar surface area (TPSA) is 32.7 Å². The van der Waals surface area contributed by atoms with E-state index in [0.29, 0.717) is 24.2 Å². The number of alkyl halides is 6. The molecule has 2 rings (SSSR count). The third-order valence-electron chi connectivity index (χ3n) is 4.54. The summed E-state index contributed by atoms with van der Waals surface area (Å²) in [5.74, 6) is 0. The molecule has 0 aliphatic carbocycles. The summed E-state index contributed by atoms with van der Waals surface area (Å²) in [6.45, 7) is -0.302. The molecule has 9 heteroatoms. The Bertz CT molecular complexity index is 788. The molecule has 1 atom stereocenters. The monoisotopic (exact) mass is 435 g/mol. The third-order valence-corrected chi connectivity index (χ3v) is 4.54. The van der Waals surface area contributed by atoms with E-state index in [9.17, 15) is 31.4 Å². The van der Waals surface area contributed by atoms with Crippen molar-refractivity contribution in [3.8, 4) is 0 Å². The Labute approximate surface area is 170 Å². The molecular weight excluding hydrogens is 412 g/mol. The van der Waals surface area contributed by atoms with Crippen molar-refractivity contribution in [1.29, 1.82) is 0 Å². The molecule has 166 valence electrons. The molecule has 1 unspecified atom stereocenters. The molecule has 0 saturated carbocycles. The molecule has 2 aromatic rings. The van der Waals surface area contributed by atoms with Crippen molar-refractivity contribution in [2.75, 3.05) is 27.2 Å². The highest BCUT2D eigenvalue weighted by atomic mass is 19.4. The van der Waals surface area contributed by atoms with E-state index in [4.69, 9.17) is 4.74 Å². The molecule has 0 heterocycles. The Morgan fingerprint density at radius 2 is 1.37 bits per heavy atom. The zero-order valence-electron chi connectivity index (χ0n) is 16.5. The van der Waals surface area contributed by atoms with Crippen molar-refractivity contribution < 1.29 is 36.2 Å². The fourth-order valence-electron chi connectivity index (χ4n) is 2.90. The highest BCUT2D eigenvalue weighted by Gasteiger charge is 2.37. The highest BCUT2D eigenvalue weighted by Crippen LogP contribution is 2.36. The third kappa shape index (κ3) is 6.72. The zero-order valence-corrected chi connectivity index (χ0v) is 16.5. The lowest BCUT2D eigenvalue weighted by atomic mass is 9.91. The first-order valence-electron chi connectivity index (χ1n) is 9.10. The minimum absolute atomic E-state index is 0.0703. The van der Waals surface area contributed by atoms with Gasteiger partial charge in [0.25, 0.3) is 0 Å². The van der Waals surface area contributed by atoms with Crippen molar-refractivity contribution in [2.45, 2.75) is 31.0 Å². The van der Waals surface area contributed by atoms with Gasteiger partial charge in [-0.3, -0.25) is 0 Å². The van der Waals surface area contributed by atoms with Crippen LogP contribution in [-0.2, 0) is 29.3 Å². The molecule has 0 aromatic heterocycles. The number of hydrogen-bond acceptors (Lipinski definition) is 3. The normalized spacial score (nSPS) is 14.7. The van der Waals surface area contributed by atoms with Crippen LogP contribution >= 0.6 is 0 Å². The summed E-state index contributed by atoms with van der Waals surface area (Å²) in [6.07, 6.45) is -9.58. The number of rotatable bonds is 8. The summed E-state index contributed by atoms with van der Waals surface area (Å²) in [6, 6.07) is 9.89. The van der Waals surface area contributed by atoms with E-state index < -0.39 is 35.7 Å². The first kappa shape index (κ1) is 24.2. The van der Waals surface area contributed by atoms with Crippen LogP contribution in [0.25, 0.3) is 0 Å². The Hall–Kier alpha value is -2.10. The molecule has 3 nitrogen and oxygen atoms in total. The minimum atomic E-state index is -4.92. The van der Waals surface area contributed by atoms with E-state index in [1.54, 1.807) is 30.3 Å². The van der Waals surface area contributed by atoms with Crippen LogP contribution in [0.15, 0.2) is 48.5 Å². The maximum Gasteiger partial charge on any atom is 0.416 e. The van der Waals surface area contributed by atoms with Crippen molar-refractivity contribution in [3.05, 3.63) is 70.8 Å². The van der Waals surface area contributed by atoms with Gasteiger partial charge in [-0.1, -0.05) is 30.3 Å². The van der Waals surface area contributed by atoms with Crippen molar-refractivity contribution >= 4 is 0 Å². The fourth-order valence-corrected chi connectivity index (χ4v) is 2.90. The second kappa shape index (κ2) is 9.36. The van der Waals surface area contributed by atoms with Crippen LogP contribution in [0.1, 0.15) is 28.7 Å². The Kier molecular flexibility index (Phi) is 7.54. The van der Waals surface area contributed by atoms with Gasteiger partial charge in [0.2, 0.25) is 0 Å². The molecule has 0 aliphatic rings. The van der Waals surface area contributed by atoms with Crippen LogP contribution in [0.5, 0.6) is 0 Å². The van der Waals surface area contributed by atoms with Crippen molar-refractivity contribution in [2.24, 2.45) is 0 Å². The highest BCUT2D eigenvalue weighted by molar-refractivity contribution is 5.33. The van der Waals surface area contributed by atoms with E-state index in [0.717, 1.165) is 0 Å². The maximum absolute atomic E-state index is 13.0. The number of aliphatic hydroxyl groups is 1. The Morgan fingerprint density at radius 3 is 1.83 bits per heavy atom. The van der Waals surface area contributed by atoms with E-state index in [1.807, 2.05) is 19.0 Å². The molecule has 2 aromatic carbocycles. The first-order chi connectivity index (χ1) is 13.8. The van der Waals surface area contributed by atoms with Gasteiger partial charge in [-0.05, 0) is 49.8 Å². The molecule has 1 N–H and O–H groups in total. The number of benzene rings is 2. The minimum Gasteiger partial charge on any atom is -0.383 e. The molecule has 0 radical (unpaired) electrons. The van der Waals surface area contributed by atoms with Crippen LogP contribution in [0.3, 0.4) is 0 Å². The van der Waals surface area contributed by atoms with Crippen LogP contribution < -0.4 is 0 Å². The smallest absolute Gasteiger partial charge is 0.383 e. The average Bonchev–Trinajstić information content (AvgIpc) is 2.65. The van der Waals surface area contributed by atoms with Crippen LogP contribution in [0.4, 0.5) is 26.3 Å². The predicted octanol–water partition coefficient (Wildman–Crippen LogP) is 5.08. The van der Waals surface area contributed by atoms with Crippen LogP contribution in [0.2, 0.25) is 0 Å². The van der Waals surface area contributed by atoms with Gasteiger partial charge in [-0.15, -0.1) is 0 Å². The molecule has 0 saturated heterocycles. The SMILES string of the molecule is CN(C)CCC(O)(COCc1cc(C(F)(F)F)cc(C(F)(F)F)c1)c1ccccc1. The summed E-state index contributed by atoms with van der Waals surface area (Å²) in [5.41, 5.74) is -3.98. The lowest BCUT2D eigenvalue weighted by molar-refractivity contribution is -0.143. The number of ether oxygens (including phenoxy) is 1. The summed E-state index contributed by atoms with van der Waals surface area (Å²) in [4.78, 5) is 1.84. The Morgan fingerprint density at radius 1 is 0.833 bits per heavy atom. The molecular formula is C21H23F6NO2. The summed E-state index contributed by atoms with van der Waals surface area (Å²) >= 11 is 0. The predicted molar refractivity (Wildman–Crippen MR) is 99.6 cm³/mol. The first-order valence-corrected chi connectivity index (χ1v) is 9.10. The molecule has 0 fully saturated rings. The quantitative estimate of drug-likeness (QED) is 0.587. The van der Waals surface area contributed by atoms with E-state index in [1.165, 1.54) is 0 Å². The lowest BCUT2D eigenvalue weighted by Gasteiger charge is -2.30. The maximum atomic E-state index is 13.0. The second-order valence-corrected chi connectivity index (χ2v) is 7.36. The van der Waals surface area contributed by atoms with Gasteiger partial charge in [0, 0.05) is 6.54 Å². The van der Waals surface area contributed by atoms with Gasteiger partial charge >= 0.3 is 12.4 Å². The number of nitrogens with zero attached hydrogens (tertiary/aromatic N) is 1. The van der Waals surface area contributed by atoms with Gasteiger partial charge in [-0.25, -0.2) is 0 Å². The standard InChI is InChI=1S/C21H23F6NO2/c1-28(2)9-8-19(29,16-6-4-3-5-7-16)14-30-13-15-10-17(20(22,23)24)12-18(11-15)21(25,26)27/h3-7,10-12,29H,8-9,13-14H2,1-2H3. The largest absolute Gasteiger partial charge is 0.416 e. The summed E-state index contributed by atoms with van der Waals surface area (Å²) in [7, 11) is 3.63. The van der Waals surface area contributed by atoms with Crippen molar-refractivity contribution in [3.63, 3.8) is 0 Å². The second-order valence-electron chi connectivity index (χ2n) is 7.36. The molecule has 0 aliphatic heterocycles. The van der Waals surface area contributed by atoms with Gasteiger partial charge in [0.1, 0.15) is 5.60 Å². The lowest BCUT2D eigenvalue weighted by Crippen LogP contribution is -2.35. The van der Waals surface area contributed by atoms with Gasteiger partial charge in [0.05, 0.1) is 24.3 Å². The van der Waals surface area contributed by atoms with E-state index in [-0.39, 0.29) is 24.7 Å². The van der Waals surface area contributed by atoms with E-state index >= 15 is 0 Å². The van der Waals surface area contributed by atoms with Crippen molar-refractivity contribution in [1.82, 2.24) is 4.90 Å². The summed E-state index contributed by atoms with van der Waals surface area (Å²) in [5, 5.41) is 11.1. The molecule has 0 amide bonds. The number of halogens is 6. The van der Waals surface area contributed by atoms with Crippen LogP contribution in [0, 0.1) is 0 Å². The number of hydrogen-bond donors (Lipinski definition) is 1. The Balaban J connectivity index is 2.21. The zero-order chi connectivity index (χ0) is 22.6. The summed E-state index contributed by atoms with van der Waals surface area (Å²) < 4.78 is 83.4.